The highest BCUT2D eigenvalue weighted by Crippen LogP contribution is 2.36. The zero-order valence-electron chi connectivity index (χ0n) is 19.9. The van der Waals surface area contributed by atoms with Crippen LogP contribution in [0.15, 0.2) is 71.6 Å². The summed E-state index contributed by atoms with van der Waals surface area (Å²) in [6, 6.07) is 15.2. The lowest BCUT2D eigenvalue weighted by Crippen LogP contribution is -2.09. The second kappa shape index (κ2) is 8.66. The fourth-order valence-electron chi connectivity index (χ4n) is 4.42. The molecule has 0 bridgehead atoms. The molecule has 0 spiro atoms. The molecule has 0 radical (unpaired) electrons. The van der Waals surface area contributed by atoms with Crippen LogP contribution in [0.1, 0.15) is 30.1 Å². The molecule has 35 heavy (non-hydrogen) atoms. The van der Waals surface area contributed by atoms with Gasteiger partial charge in [0, 0.05) is 41.0 Å². The Balaban J connectivity index is 1.72. The standard InChI is InChI=1S/C26H25N5O3S/c1-16-25(18(3)34-29-16)20-13-24-26(28-14-20)22(15-31(24)17(2)23-10-5-6-11-27-23)19-8-7-9-21(12-19)30-35(4,32)33/h5-15,17,30H,1-4H3/t17-/m0/s1. The Morgan fingerprint density at radius 2 is 1.86 bits per heavy atom. The molecule has 0 aliphatic carbocycles. The van der Waals surface area contributed by atoms with Gasteiger partial charge in [0.1, 0.15) is 5.76 Å². The Labute approximate surface area is 203 Å². The summed E-state index contributed by atoms with van der Waals surface area (Å²) in [6.07, 6.45) is 6.80. The summed E-state index contributed by atoms with van der Waals surface area (Å²) in [7, 11) is -3.40. The van der Waals surface area contributed by atoms with Crippen LogP contribution in [-0.2, 0) is 10.0 Å². The van der Waals surface area contributed by atoms with Crippen molar-refractivity contribution < 1.29 is 12.9 Å². The van der Waals surface area contributed by atoms with Crippen molar-refractivity contribution in [1.29, 1.82) is 0 Å². The number of benzene rings is 1. The van der Waals surface area contributed by atoms with E-state index in [1.165, 1.54) is 0 Å². The molecular formula is C26H25N5O3S. The van der Waals surface area contributed by atoms with Gasteiger partial charge in [-0.2, -0.15) is 0 Å². The fraction of sp³-hybridized carbons (Fsp3) is 0.192. The molecule has 0 saturated heterocycles. The van der Waals surface area contributed by atoms with Gasteiger partial charge in [0.15, 0.2) is 0 Å². The Morgan fingerprint density at radius 1 is 1.03 bits per heavy atom. The third-order valence-electron chi connectivity index (χ3n) is 6.00. The molecule has 4 heterocycles. The molecule has 1 aromatic carbocycles. The van der Waals surface area contributed by atoms with Crippen LogP contribution in [0.25, 0.3) is 33.3 Å². The number of anilines is 1. The number of fused-ring (bicyclic) bond motifs is 1. The van der Waals surface area contributed by atoms with Crippen molar-refractivity contribution in [3.63, 3.8) is 0 Å². The maximum atomic E-state index is 11.8. The van der Waals surface area contributed by atoms with Crippen molar-refractivity contribution in [3.8, 4) is 22.3 Å². The first-order valence-corrected chi connectivity index (χ1v) is 13.0. The molecule has 178 valence electrons. The van der Waals surface area contributed by atoms with Gasteiger partial charge in [-0.05, 0) is 56.7 Å². The van der Waals surface area contributed by atoms with E-state index in [0.717, 1.165) is 56.7 Å². The largest absolute Gasteiger partial charge is 0.361 e. The Hall–Kier alpha value is -3.98. The number of aryl methyl sites for hydroxylation is 2. The van der Waals surface area contributed by atoms with E-state index in [1.807, 2.05) is 62.6 Å². The number of hydrogen-bond acceptors (Lipinski definition) is 6. The van der Waals surface area contributed by atoms with E-state index in [4.69, 9.17) is 9.51 Å². The predicted molar refractivity (Wildman–Crippen MR) is 137 cm³/mol. The van der Waals surface area contributed by atoms with Gasteiger partial charge >= 0.3 is 0 Å². The number of aromatic nitrogens is 4. The molecule has 5 aromatic rings. The molecule has 0 amide bonds. The summed E-state index contributed by atoms with van der Waals surface area (Å²) in [5.41, 5.74) is 7.55. The van der Waals surface area contributed by atoms with Gasteiger partial charge in [0.25, 0.3) is 0 Å². The monoisotopic (exact) mass is 487 g/mol. The van der Waals surface area contributed by atoms with E-state index in [-0.39, 0.29) is 6.04 Å². The average Bonchev–Trinajstić information content (AvgIpc) is 3.37. The van der Waals surface area contributed by atoms with Gasteiger partial charge in [-0.15, -0.1) is 0 Å². The number of sulfonamides is 1. The molecular weight excluding hydrogens is 462 g/mol. The van der Waals surface area contributed by atoms with Gasteiger partial charge < -0.3 is 9.09 Å². The van der Waals surface area contributed by atoms with Gasteiger partial charge in [0.2, 0.25) is 10.0 Å². The summed E-state index contributed by atoms with van der Waals surface area (Å²) in [4.78, 5) is 9.40. The average molecular weight is 488 g/mol. The summed E-state index contributed by atoms with van der Waals surface area (Å²) in [6.45, 7) is 5.90. The summed E-state index contributed by atoms with van der Waals surface area (Å²) < 4.78 is 33.6. The normalized spacial score (nSPS) is 12.7. The number of rotatable bonds is 6. The van der Waals surface area contributed by atoms with Crippen LogP contribution in [-0.4, -0.2) is 34.4 Å². The SMILES string of the molecule is Cc1noc(C)c1-c1cnc2c(-c3cccc(NS(C)(=O)=O)c3)cn([C@@H](C)c3ccccn3)c2c1. The van der Waals surface area contributed by atoms with E-state index in [9.17, 15) is 8.42 Å². The third-order valence-corrected chi connectivity index (χ3v) is 6.61. The molecule has 0 saturated carbocycles. The molecule has 1 atom stereocenters. The minimum atomic E-state index is -3.40. The molecule has 0 fully saturated rings. The summed E-state index contributed by atoms with van der Waals surface area (Å²) in [5, 5.41) is 4.09. The van der Waals surface area contributed by atoms with Gasteiger partial charge in [-0.1, -0.05) is 23.4 Å². The Kier molecular flexibility index (Phi) is 5.64. The zero-order valence-corrected chi connectivity index (χ0v) is 20.7. The van der Waals surface area contributed by atoms with Crippen molar-refractivity contribution >= 4 is 26.7 Å². The maximum absolute atomic E-state index is 11.8. The molecule has 0 aliphatic rings. The zero-order chi connectivity index (χ0) is 24.7. The topological polar surface area (TPSA) is 103 Å². The molecule has 8 nitrogen and oxygen atoms in total. The van der Waals surface area contributed by atoms with Crippen molar-refractivity contribution in [1.82, 2.24) is 19.7 Å². The van der Waals surface area contributed by atoms with E-state index < -0.39 is 10.0 Å². The molecule has 0 unspecified atom stereocenters. The van der Waals surface area contributed by atoms with Crippen LogP contribution >= 0.6 is 0 Å². The van der Waals surface area contributed by atoms with Crippen LogP contribution in [0.4, 0.5) is 5.69 Å². The van der Waals surface area contributed by atoms with E-state index in [1.54, 1.807) is 12.3 Å². The van der Waals surface area contributed by atoms with E-state index >= 15 is 0 Å². The predicted octanol–water partition coefficient (Wildman–Crippen LogP) is 5.35. The first-order valence-electron chi connectivity index (χ1n) is 11.1. The lowest BCUT2D eigenvalue weighted by molar-refractivity contribution is 0.393. The number of hydrogen-bond donors (Lipinski definition) is 1. The van der Waals surface area contributed by atoms with Gasteiger partial charge in [-0.25, -0.2) is 8.42 Å². The van der Waals surface area contributed by atoms with Crippen molar-refractivity contribution in [2.45, 2.75) is 26.8 Å². The number of nitrogens with one attached hydrogen (secondary N) is 1. The number of nitrogens with zero attached hydrogens (tertiary/aromatic N) is 4. The molecule has 9 heteroatoms. The second-order valence-electron chi connectivity index (χ2n) is 8.63. The lowest BCUT2D eigenvalue weighted by atomic mass is 10.0. The van der Waals surface area contributed by atoms with Crippen LogP contribution in [0.3, 0.4) is 0 Å². The van der Waals surface area contributed by atoms with Crippen LogP contribution < -0.4 is 4.72 Å². The molecule has 5 rings (SSSR count). The second-order valence-corrected chi connectivity index (χ2v) is 10.4. The first-order chi connectivity index (χ1) is 16.7. The fourth-order valence-corrected chi connectivity index (χ4v) is 4.98. The van der Waals surface area contributed by atoms with Crippen LogP contribution in [0, 0.1) is 13.8 Å². The highest BCUT2D eigenvalue weighted by atomic mass is 32.2. The molecule has 4 aromatic heterocycles. The van der Waals surface area contributed by atoms with E-state index in [2.05, 4.69) is 32.4 Å². The van der Waals surface area contributed by atoms with Crippen molar-refractivity contribution in [2.24, 2.45) is 0 Å². The maximum Gasteiger partial charge on any atom is 0.229 e. The lowest BCUT2D eigenvalue weighted by Gasteiger charge is -2.15. The summed E-state index contributed by atoms with van der Waals surface area (Å²) >= 11 is 0. The minimum absolute atomic E-state index is 0.0634. The third kappa shape index (κ3) is 4.42. The van der Waals surface area contributed by atoms with Crippen molar-refractivity contribution in [3.05, 3.63) is 84.3 Å². The number of pyridine rings is 2. The minimum Gasteiger partial charge on any atom is -0.361 e. The Morgan fingerprint density at radius 3 is 2.54 bits per heavy atom. The van der Waals surface area contributed by atoms with Gasteiger partial charge in [-0.3, -0.25) is 14.7 Å². The molecule has 0 aliphatic heterocycles. The van der Waals surface area contributed by atoms with Crippen LogP contribution in [0.2, 0.25) is 0 Å². The summed E-state index contributed by atoms with van der Waals surface area (Å²) in [5.74, 6) is 0.735. The van der Waals surface area contributed by atoms with Crippen LogP contribution in [0.5, 0.6) is 0 Å². The van der Waals surface area contributed by atoms with E-state index in [0.29, 0.717) is 5.69 Å². The first kappa shape index (κ1) is 22.8. The quantitative estimate of drug-likeness (QED) is 0.346. The highest BCUT2D eigenvalue weighted by molar-refractivity contribution is 7.92. The highest BCUT2D eigenvalue weighted by Gasteiger charge is 2.20. The Bertz CT molecular complexity index is 1620. The molecule has 1 N–H and O–H groups in total. The smallest absolute Gasteiger partial charge is 0.229 e. The van der Waals surface area contributed by atoms with Gasteiger partial charge in [0.05, 0.1) is 34.7 Å². The van der Waals surface area contributed by atoms with Crippen molar-refractivity contribution in [2.75, 3.05) is 11.0 Å².